The average molecular weight is 256 g/mol. The summed E-state index contributed by atoms with van der Waals surface area (Å²) in [5.74, 6) is -0.265. The molecule has 1 aromatic rings. The third-order valence-corrected chi connectivity index (χ3v) is 1.83. The van der Waals surface area contributed by atoms with E-state index in [1.807, 2.05) is 0 Å². The number of hydrogen-bond acceptors (Lipinski definition) is 4. The molecule has 4 nitrogen and oxygen atoms in total. The van der Waals surface area contributed by atoms with Gasteiger partial charge >= 0.3 is 5.97 Å². The van der Waals surface area contributed by atoms with Crippen molar-refractivity contribution in [2.75, 3.05) is 7.11 Å². The first kappa shape index (κ1) is 10.5. The fourth-order valence-corrected chi connectivity index (χ4v) is 1.11. The summed E-state index contributed by atoms with van der Waals surface area (Å²) in [6.07, 6.45) is 1.32. The number of rotatable bonds is 2. The van der Waals surface area contributed by atoms with E-state index in [0.29, 0.717) is 10.4 Å². The van der Waals surface area contributed by atoms with E-state index in [4.69, 9.17) is 9.68 Å². The van der Waals surface area contributed by atoms with E-state index in [1.54, 1.807) is 18.2 Å². The molecule has 0 fully saturated rings. The smallest absolute Gasteiger partial charge is 0.348 e. The topological polar surface area (TPSA) is 63.2 Å². The summed E-state index contributed by atoms with van der Waals surface area (Å²) in [4.78, 5) is 11.0. The highest BCUT2D eigenvalue weighted by atomic mass is 79.9. The van der Waals surface area contributed by atoms with Crippen LogP contribution in [0.5, 0.6) is 0 Å². The number of carbonyl (C=O) groups excluding carboxylic acids is 1. The summed E-state index contributed by atoms with van der Waals surface area (Å²) < 4.78 is 10.0. The molecule has 0 aliphatic carbocycles. The van der Waals surface area contributed by atoms with Gasteiger partial charge in [0.05, 0.1) is 7.11 Å². The van der Waals surface area contributed by atoms with Crippen LogP contribution in [0.1, 0.15) is 5.76 Å². The Morgan fingerprint density at radius 3 is 2.86 bits per heavy atom. The van der Waals surface area contributed by atoms with Gasteiger partial charge in [-0.3, -0.25) is 0 Å². The first-order chi connectivity index (χ1) is 6.67. The Bertz CT molecular complexity index is 414. The van der Waals surface area contributed by atoms with Gasteiger partial charge in [0.1, 0.15) is 17.4 Å². The molecule has 1 aromatic heterocycles. The van der Waals surface area contributed by atoms with Gasteiger partial charge < -0.3 is 9.15 Å². The third kappa shape index (κ3) is 2.47. The highest BCUT2D eigenvalue weighted by molar-refractivity contribution is 9.10. The standard InChI is InChI=1S/C9H6BrNO3/c1-13-9(12)6(5-11)4-7-2-3-8(10)14-7/h2-4H,1H3. The number of esters is 1. The second-order valence-electron chi connectivity index (χ2n) is 2.30. The van der Waals surface area contributed by atoms with Crippen LogP contribution in [-0.2, 0) is 9.53 Å². The fraction of sp³-hybridized carbons (Fsp3) is 0.111. The number of furan rings is 1. The van der Waals surface area contributed by atoms with Crippen LogP contribution < -0.4 is 0 Å². The van der Waals surface area contributed by atoms with Gasteiger partial charge in [0, 0.05) is 6.08 Å². The molecule has 0 radical (unpaired) electrons. The maximum atomic E-state index is 11.0. The molecular weight excluding hydrogens is 250 g/mol. The molecule has 1 heterocycles. The number of methoxy groups -OCH3 is 1. The van der Waals surface area contributed by atoms with Gasteiger partial charge in [-0.05, 0) is 28.1 Å². The largest absolute Gasteiger partial charge is 0.465 e. The molecule has 14 heavy (non-hydrogen) atoms. The molecule has 0 unspecified atom stereocenters. The molecule has 72 valence electrons. The lowest BCUT2D eigenvalue weighted by atomic mass is 10.2. The van der Waals surface area contributed by atoms with Crippen molar-refractivity contribution in [1.82, 2.24) is 0 Å². The molecule has 1 rings (SSSR count). The number of nitrogens with zero attached hydrogens (tertiary/aromatic N) is 1. The minimum atomic E-state index is -0.681. The molecule has 0 N–H and O–H groups in total. The zero-order valence-electron chi connectivity index (χ0n) is 7.28. The van der Waals surface area contributed by atoms with Crippen molar-refractivity contribution in [3.8, 4) is 6.07 Å². The number of nitriles is 1. The summed E-state index contributed by atoms with van der Waals surface area (Å²) in [5, 5.41) is 8.62. The molecule has 0 aliphatic rings. The van der Waals surface area contributed by atoms with Crippen molar-refractivity contribution < 1.29 is 13.9 Å². The van der Waals surface area contributed by atoms with E-state index in [0.717, 1.165) is 0 Å². The Labute approximate surface area is 88.9 Å². The summed E-state index contributed by atoms with van der Waals surface area (Å²) in [6.45, 7) is 0. The lowest BCUT2D eigenvalue weighted by molar-refractivity contribution is -0.135. The zero-order valence-corrected chi connectivity index (χ0v) is 8.87. The number of halogens is 1. The Kier molecular flexibility index (Phi) is 3.48. The molecule has 0 atom stereocenters. The van der Waals surface area contributed by atoms with Gasteiger partial charge in [-0.2, -0.15) is 5.26 Å². The van der Waals surface area contributed by atoms with Crippen LogP contribution in [0.4, 0.5) is 0 Å². The molecule has 0 saturated carbocycles. The molecule has 5 heteroatoms. The molecule has 0 aromatic carbocycles. The van der Waals surface area contributed by atoms with Crippen LogP contribution in [0.15, 0.2) is 26.8 Å². The van der Waals surface area contributed by atoms with Crippen molar-refractivity contribution in [3.05, 3.63) is 28.1 Å². The second kappa shape index (κ2) is 4.63. The summed E-state index contributed by atoms with van der Waals surface area (Å²) in [6, 6.07) is 5.02. The first-order valence-electron chi connectivity index (χ1n) is 3.63. The highest BCUT2D eigenvalue weighted by Gasteiger charge is 2.09. The van der Waals surface area contributed by atoms with Crippen molar-refractivity contribution in [1.29, 1.82) is 5.26 Å². The Morgan fingerprint density at radius 2 is 2.43 bits per heavy atom. The van der Waals surface area contributed by atoms with Crippen LogP contribution in [0.25, 0.3) is 6.08 Å². The maximum Gasteiger partial charge on any atom is 0.348 e. The highest BCUT2D eigenvalue weighted by Crippen LogP contribution is 2.16. The molecule has 0 aliphatic heterocycles. The SMILES string of the molecule is COC(=O)C(C#N)=Cc1ccc(Br)o1. The summed E-state index contributed by atoms with van der Waals surface area (Å²) in [7, 11) is 1.21. The normalized spacial score (nSPS) is 10.8. The Hall–Kier alpha value is -1.54. The molecule has 0 saturated heterocycles. The van der Waals surface area contributed by atoms with E-state index >= 15 is 0 Å². The lowest BCUT2D eigenvalue weighted by Gasteiger charge is -1.93. The van der Waals surface area contributed by atoms with Crippen molar-refractivity contribution in [2.45, 2.75) is 0 Å². The monoisotopic (exact) mass is 255 g/mol. The van der Waals surface area contributed by atoms with E-state index in [-0.39, 0.29) is 5.57 Å². The number of ether oxygens (including phenoxy) is 1. The molecule has 0 bridgehead atoms. The van der Waals surface area contributed by atoms with Gasteiger partial charge in [0.15, 0.2) is 4.67 Å². The van der Waals surface area contributed by atoms with Crippen molar-refractivity contribution in [3.63, 3.8) is 0 Å². The van der Waals surface area contributed by atoms with Crippen LogP contribution in [0, 0.1) is 11.3 Å². The quantitative estimate of drug-likeness (QED) is 0.462. The molecule has 0 amide bonds. The molecular formula is C9H6BrNO3. The maximum absolute atomic E-state index is 11.0. The summed E-state index contributed by atoms with van der Waals surface area (Å²) >= 11 is 3.10. The zero-order chi connectivity index (χ0) is 10.6. The van der Waals surface area contributed by atoms with Crippen molar-refractivity contribution in [2.24, 2.45) is 0 Å². The predicted molar refractivity (Wildman–Crippen MR) is 52.0 cm³/mol. The average Bonchev–Trinajstić information content (AvgIpc) is 2.59. The van der Waals surface area contributed by atoms with E-state index in [2.05, 4.69) is 20.7 Å². The van der Waals surface area contributed by atoms with Crippen LogP contribution in [0.3, 0.4) is 0 Å². The van der Waals surface area contributed by atoms with Gasteiger partial charge in [0.25, 0.3) is 0 Å². The van der Waals surface area contributed by atoms with E-state index < -0.39 is 5.97 Å². The van der Waals surface area contributed by atoms with Gasteiger partial charge in [-0.25, -0.2) is 4.79 Å². The fourth-order valence-electron chi connectivity index (χ4n) is 0.795. The number of carbonyl (C=O) groups is 1. The second-order valence-corrected chi connectivity index (χ2v) is 3.08. The molecule has 0 spiro atoms. The summed E-state index contributed by atoms with van der Waals surface area (Å²) in [5.41, 5.74) is -0.102. The van der Waals surface area contributed by atoms with Crippen LogP contribution in [-0.4, -0.2) is 13.1 Å². The van der Waals surface area contributed by atoms with Crippen LogP contribution in [0.2, 0.25) is 0 Å². The minimum absolute atomic E-state index is 0.102. The Morgan fingerprint density at radius 1 is 1.71 bits per heavy atom. The lowest BCUT2D eigenvalue weighted by Crippen LogP contribution is -2.02. The van der Waals surface area contributed by atoms with Crippen molar-refractivity contribution >= 4 is 28.0 Å². The minimum Gasteiger partial charge on any atom is -0.465 e. The van der Waals surface area contributed by atoms with Gasteiger partial charge in [-0.15, -0.1) is 0 Å². The van der Waals surface area contributed by atoms with E-state index in [9.17, 15) is 4.79 Å². The Balaban J connectivity index is 2.96. The van der Waals surface area contributed by atoms with Crippen LogP contribution >= 0.6 is 15.9 Å². The van der Waals surface area contributed by atoms with Gasteiger partial charge in [-0.1, -0.05) is 0 Å². The van der Waals surface area contributed by atoms with Gasteiger partial charge in [0.2, 0.25) is 0 Å². The third-order valence-electron chi connectivity index (χ3n) is 1.41. The van der Waals surface area contributed by atoms with E-state index in [1.165, 1.54) is 13.2 Å². The first-order valence-corrected chi connectivity index (χ1v) is 4.42. The number of hydrogen-bond donors (Lipinski definition) is 0. The predicted octanol–water partition coefficient (Wildman–Crippen LogP) is 2.12.